The second-order valence-corrected chi connectivity index (χ2v) is 8.13. The highest BCUT2D eigenvalue weighted by atomic mass is 31.2. The van der Waals surface area contributed by atoms with Crippen molar-refractivity contribution in [2.75, 3.05) is 0 Å². The number of rotatable bonds is 3. The molecule has 0 aromatic carbocycles. The van der Waals surface area contributed by atoms with Crippen molar-refractivity contribution < 1.29 is 18.6 Å². The highest BCUT2D eigenvalue weighted by Crippen LogP contribution is 2.50. The van der Waals surface area contributed by atoms with Crippen molar-refractivity contribution >= 4 is 17.6 Å². The molecule has 0 saturated heterocycles. The Hall–Kier alpha value is 0.327. The molecule has 0 amide bonds. The van der Waals surface area contributed by atoms with Crippen LogP contribution in [0.1, 0.15) is 33.1 Å². The summed E-state index contributed by atoms with van der Waals surface area (Å²) < 4.78 is 15.2. The maximum atomic E-state index is 10.5. The fourth-order valence-electron chi connectivity index (χ4n) is 1.85. The molecule has 1 saturated carbocycles. The summed E-state index contributed by atoms with van der Waals surface area (Å²) in [5.41, 5.74) is 0. The average molecular weight is 224 g/mol. The molecule has 13 heavy (non-hydrogen) atoms. The van der Waals surface area contributed by atoms with E-state index in [1.165, 1.54) is 0 Å². The molecule has 0 aliphatic heterocycles. The number of hydrogen-bond donors (Lipinski definition) is 2. The largest absolute Gasteiger partial charge is 0.459 e. The third kappa shape index (κ3) is 3.18. The Labute approximate surface area is 80.9 Å². The molecule has 4 nitrogen and oxygen atoms in total. The highest BCUT2D eigenvalue weighted by molar-refractivity contribution is 7.47. The van der Waals surface area contributed by atoms with Crippen LogP contribution in [0.4, 0.5) is 0 Å². The fourth-order valence-corrected chi connectivity index (χ4v) is 4.59. The molecule has 1 aliphatic carbocycles. The van der Waals surface area contributed by atoms with Crippen molar-refractivity contribution in [3.8, 4) is 0 Å². The average Bonchev–Trinajstić information content (AvgIpc) is 2.29. The van der Waals surface area contributed by atoms with Crippen LogP contribution < -0.4 is 0 Å². The van der Waals surface area contributed by atoms with E-state index in [2.05, 4.69) is 13.8 Å². The van der Waals surface area contributed by atoms with E-state index < -0.39 is 17.6 Å². The first-order valence-electron chi connectivity index (χ1n) is 4.54. The number of phosphoric acid groups is 1. The zero-order valence-electron chi connectivity index (χ0n) is 8.06. The van der Waals surface area contributed by atoms with Crippen LogP contribution in [-0.2, 0) is 8.78 Å². The first kappa shape index (κ1) is 11.4. The van der Waals surface area contributed by atoms with E-state index in [0.29, 0.717) is 5.92 Å². The van der Waals surface area contributed by atoms with E-state index in [9.17, 15) is 4.57 Å². The van der Waals surface area contributed by atoms with E-state index in [1.807, 2.05) is 0 Å². The van der Waals surface area contributed by atoms with Crippen LogP contribution in [0.25, 0.3) is 0 Å². The van der Waals surface area contributed by atoms with Gasteiger partial charge in [-0.15, -0.1) is 0 Å². The highest BCUT2D eigenvalue weighted by Gasteiger charge is 2.38. The lowest BCUT2D eigenvalue weighted by molar-refractivity contribution is 0.279. The summed E-state index contributed by atoms with van der Waals surface area (Å²) in [6, 6.07) is 0. The van der Waals surface area contributed by atoms with Gasteiger partial charge in [-0.2, -0.15) is 0 Å². The Morgan fingerprint density at radius 2 is 2.23 bits per heavy atom. The molecule has 2 unspecified atom stereocenters. The summed E-state index contributed by atoms with van der Waals surface area (Å²) in [4.78, 5) is 17.2. The second-order valence-electron chi connectivity index (χ2n) is 4.21. The third-order valence-electron chi connectivity index (χ3n) is 3.14. The summed E-state index contributed by atoms with van der Waals surface area (Å²) >= 11 is 0. The first-order valence-corrected chi connectivity index (χ1v) is 7.35. The topological polar surface area (TPSA) is 66.8 Å². The van der Waals surface area contributed by atoms with Crippen molar-refractivity contribution in [2.24, 2.45) is 5.92 Å². The molecule has 1 fully saturated rings. The molecule has 0 aromatic heterocycles. The third-order valence-corrected chi connectivity index (χ3v) is 6.71. The van der Waals surface area contributed by atoms with E-state index in [0.717, 1.165) is 19.3 Å². The molecule has 6 heteroatoms. The Morgan fingerprint density at radius 1 is 1.62 bits per heavy atom. The van der Waals surface area contributed by atoms with Crippen molar-refractivity contribution in [3.05, 3.63) is 0 Å². The van der Waals surface area contributed by atoms with Gasteiger partial charge in [0.1, 0.15) is 0 Å². The minimum absolute atomic E-state index is 0.0844. The SMILES string of the molecule is CC1CCCC1(C)[SiH2]OP(=O)(O)O. The summed E-state index contributed by atoms with van der Waals surface area (Å²) in [5, 5.41) is 0.0844. The van der Waals surface area contributed by atoms with Crippen molar-refractivity contribution in [1.29, 1.82) is 0 Å². The van der Waals surface area contributed by atoms with Gasteiger partial charge in [0.25, 0.3) is 0 Å². The molecular formula is C7H17O4PSi. The van der Waals surface area contributed by atoms with Crippen LogP contribution in [0.5, 0.6) is 0 Å². The van der Waals surface area contributed by atoms with Crippen molar-refractivity contribution in [1.82, 2.24) is 0 Å². The van der Waals surface area contributed by atoms with Gasteiger partial charge in [0, 0.05) is 0 Å². The van der Waals surface area contributed by atoms with Gasteiger partial charge in [0.2, 0.25) is 0 Å². The Bertz CT molecular complexity index is 229. The normalized spacial score (nSPS) is 36.2. The molecule has 2 atom stereocenters. The van der Waals surface area contributed by atoms with E-state index in [4.69, 9.17) is 14.0 Å². The minimum atomic E-state index is -4.23. The summed E-state index contributed by atoms with van der Waals surface area (Å²) in [7, 11) is -5.35. The van der Waals surface area contributed by atoms with Gasteiger partial charge in [-0.3, -0.25) is 0 Å². The van der Waals surface area contributed by atoms with Crippen LogP contribution in [0, 0.1) is 5.92 Å². The van der Waals surface area contributed by atoms with Gasteiger partial charge in [-0.25, -0.2) is 4.57 Å². The Morgan fingerprint density at radius 3 is 2.62 bits per heavy atom. The van der Waals surface area contributed by atoms with Gasteiger partial charge in [0.15, 0.2) is 9.76 Å². The predicted octanol–water partition coefficient (Wildman–Crippen LogP) is 1.18. The zero-order chi connectivity index (χ0) is 10.1. The van der Waals surface area contributed by atoms with Gasteiger partial charge in [0.05, 0.1) is 0 Å². The molecule has 1 aliphatic rings. The van der Waals surface area contributed by atoms with E-state index >= 15 is 0 Å². The molecule has 0 heterocycles. The van der Waals surface area contributed by atoms with Gasteiger partial charge in [-0.1, -0.05) is 26.7 Å². The molecule has 0 spiro atoms. The quantitative estimate of drug-likeness (QED) is 0.558. The van der Waals surface area contributed by atoms with Crippen molar-refractivity contribution in [2.45, 2.75) is 38.1 Å². The lowest BCUT2D eigenvalue weighted by atomic mass is 9.99. The maximum Gasteiger partial charge on any atom is 0.459 e. The number of hydrogen-bond acceptors (Lipinski definition) is 2. The second kappa shape index (κ2) is 3.83. The molecule has 1 rings (SSSR count). The van der Waals surface area contributed by atoms with E-state index in [-0.39, 0.29) is 5.04 Å². The van der Waals surface area contributed by atoms with Gasteiger partial charge in [-0.05, 0) is 17.4 Å². The van der Waals surface area contributed by atoms with Crippen LogP contribution in [-0.4, -0.2) is 19.5 Å². The maximum absolute atomic E-state index is 10.5. The van der Waals surface area contributed by atoms with Gasteiger partial charge >= 0.3 is 7.82 Å². The van der Waals surface area contributed by atoms with Crippen LogP contribution in [0.3, 0.4) is 0 Å². The monoisotopic (exact) mass is 224 g/mol. The summed E-state index contributed by atoms with van der Waals surface area (Å²) in [6.45, 7) is 4.23. The minimum Gasteiger partial charge on any atom is -0.337 e. The molecule has 0 radical (unpaired) electrons. The van der Waals surface area contributed by atoms with E-state index in [1.54, 1.807) is 0 Å². The fraction of sp³-hybridized carbons (Fsp3) is 1.00. The lowest BCUT2D eigenvalue weighted by Crippen LogP contribution is -2.21. The summed E-state index contributed by atoms with van der Waals surface area (Å²) in [5.74, 6) is 0.547. The molecule has 0 bridgehead atoms. The van der Waals surface area contributed by atoms with Crippen LogP contribution in [0.15, 0.2) is 0 Å². The first-order chi connectivity index (χ1) is 5.83. The predicted molar refractivity (Wildman–Crippen MR) is 53.1 cm³/mol. The summed E-state index contributed by atoms with van der Waals surface area (Å²) in [6.07, 6.45) is 3.38. The standard InChI is InChI=1S/C7H17O4PSi/c1-6-4-3-5-7(6,2)13-11-12(8,9)10/h6H,3-5,13H2,1-2H3,(H2,8,9,10). The molecule has 2 N–H and O–H groups in total. The van der Waals surface area contributed by atoms with Crippen LogP contribution >= 0.6 is 7.82 Å². The molecular weight excluding hydrogens is 207 g/mol. The van der Waals surface area contributed by atoms with Crippen LogP contribution in [0.2, 0.25) is 5.04 Å². The smallest absolute Gasteiger partial charge is 0.337 e. The molecule has 0 aromatic rings. The molecule has 78 valence electrons. The Balaban J connectivity index is 2.48. The Kier molecular flexibility index (Phi) is 3.36. The lowest BCUT2D eigenvalue weighted by Gasteiger charge is -2.27. The zero-order valence-corrected chi connectivity index (χ0v) is 10.4. The van der Waals surface area contributed by atoms with Gasteiger partial charge < -0.3 is 14.0 Å². The van der Waals surface area contributed by atoms with Crippen molar-refractivity contribution in [3.63, 3.8) is 0 Å².